The summed E-state index contributed by atoms with van der Waals surface area (Å²) in [6, 6.07) is 17.6. The Morgan fingerprint density at radius 1 is 0.971 bits per heavy atom. The largest absolute Gasteiger partial charge is 0.338 e. The third kappa shape index (κ3) is 9.48. The Hall–Kier alpha value is -2.07. The van der Waals surface area contributed by atoms with Gasteiger partial charge in [0.2, 0.25) is 15.9 Å². The van der Waals surface area contributed by atoms with Gasteiger partial charge >= 0.3 is 0 Å². The average molecular weight is 564 g/mol. The van der Waals surface area contributed by atoms with E-state index >= 15 is 0 Å². The molecule has 1 heterocycles. The van der Waals surface area contributed by atoms with Crippen molar-refractivity contribution in [3.8, 4) is 0 Å². The van der Waals surface area contributed by atoms with E-state index < -0.39 is 16.1 Å². The molecule has 3 aromatic rings. The number of rotatable bonds is 15. The highest BCUT2D eigenvalue weighted by Gasteiger charge is 2.25. The highest BCUT2D eigenvalue weighted by molar-refractivity contribution is 9.10. The molecule has 1 aromatic heterocycles. The first kappa shape index (κ1) is 27.5. The van der Waals surface area contributed by atoms with Crippen molar-refractivity contribution in [2.75, 3.05) is 25.4 Å². The Bertz CT molecular complexity index is 1120. The van der Waals surface area contributed by atoms with Crippen LogP contribution in [0, 0.1) is 0 Å². The number of aryl methyl sites for hydroxylation is 3. The first-order valence-corrected chi connectivity index (χ1v) is 14.7. The molecule has 1 N–H and O–H groups in total. The lowest BCUT2D eigenvalue weighted by molar-refractivity contribution is 0.304. The molecule has 1 atom stereocenters. The third-order valence-corrected chi connectivity index (χ3v) is 8.00. The second kappa shape index (κ2) is 13.9. The standard InChI is InChI=1S/C26H35BrN4O3S/c1-3-31(4-2)19-8-20-35(32,33)30-24(17-13-21-9-6-5-7-10-21)26-28-25(29-34-26)18-14-22-11-15-23(27)16-12-22/h5-7,9-12,15-16,24,30H,3-4,8,13-14,17-20H2,1-2H3/t24-/m1/s1. The number of hydrogen-bond acceptors (Lipinski definition) is 6. The monoisotopic (exact) mass is 562 g/mol. The van der Waals surface area contributed by atoms with Crippen LogP contribution in [0.1, 0.15) is 55.6 Å². The van der Waals surface area contributed by atoms with E-state index in [-0.39, 0.29) is 5.75 Å². The van der Waals surface area contributed by atoms with E-state index in [4.69, 9.17) is 4.52 Å². The molecule has 0 unspecified atom stereocenters. The highest BCUT2D eigenvalue weighted by Crippen LogP contribution is 2.20. The van der Waals surface area contributed by atoms with Gasteiger partial charge in [0.25, 0.3) is 0 Å². The maximum atomic E-state index is 12.9. The molecular formula is C26H35BrN4O3S. The van der Waals surface area contributed by atoms with Crippen LogP contribution in [-0.2, 0) is 29.3 Å². The van der Waals surface area contributed by atoms with Gasteiger partial charge < -0.3 is 9.42 Å². The normalized spacial score (nSPS) is 12.8. The van der Waals surface area contributed by atoms with Crippen molar-refractivity contribution < 1.29 is 12.9 Å². The Kier molecular flexibility index (Phi) is 10.9. The summed E-state index contributed by atoms with van der Waals surface area (Å²) in [6.07, 6.45) is 3.20. The van der Waals surface area contributed by atoms with Crippen LogP contribution < -0.4 is 4.72 Å². The van der Waals surface area contributed by atoms with Gasteiger partial charge in [0.15, 0.2) is 5.82 Å². The fourth-order valence-corrected chi connectivity index (χ4v) is 5.44. The van der Waals surface area contributed by atoms with Crippen molar-refractivity contribution >= 4 is 26.0 Å². The van der Waals surface area contributed by atoms with Gasteiger partial charge in [0, 0.05) is 10.9 Å². The second-order valence-corrected chi connectivity index (χ2v) is 11.4. The molecule has 7 nitrogen and oxygen atoms in total. The van der Waals surface area contributed by atoms with Crippen molar-refractivity contribution in [1.82, 2.24) is 19.8 Å². The molecule has 35 heavy (non-hydrogen) atoms. The van der Waals surface area contributed by atoms with Gasteiger partial charge in [-0.1, -0.05) is 77.4 Å². The van der Waals surface area contributed by atoms with Gasteiger partial charge in [-0.3, -0.25) is 0 Å². The second-order valence-electron chi connectivity index (χ2n) is 8.57. The summed E-state index contributed by atoms with van der Waals surface area (Å²) in [5, 5.41) is 4.13. The molecule has 190 valence electrons. The summed E-state index contributed by atoms with van der Waals surface area (Å²) >= 11 is 3.45. The van der Waals surface area contributed by atoms with Crippen molar-refractivity contribution in [3.63, 3.8) is 0 Å². The summed E-state index contributed by atoms with van der Waals surface area (Å²) < 4.78 is 35.2. The SMILES string of the molecule is CCN(CC)CCCS(=O)(=O)N[C@H](CCc1ccccc1)c1nc(CCc2ccc(Br)cc2)no1. The fraction of sp³-hybridized carbons (Fsp3) is 0.462. The molecule has 0 amide bonds. The van der Waals surface area contributed by atoms with Crippen molar-refractivity contribution in [1.29, 1.82) is 0 Å². The average Bonchev–Trinajstić information content (AvgIpc) is 3.34. The van der Waals surface area contributed by atoms with Gasteiger partial charge in [-0.05, 0) is 68.6 Å². The van der Waals surface area contributed by atoms with Crippen molar-refractivity contribution in [3.05, 3.63) is 81.9 Å². The zero-order valence-electron chi connectivity index (χ0n) is 20.5. The highest BCUT2D eigenvalue weighted by atomic mass is 79.9. The lowest BCUT2D eigenvalue weighted by Crippen LogP contribution is -2.33. The van der Waals surface area contributed by atoms with Crippen LogP contribution in [0.3, 0.4) is 0 Å². The first-order chi connectivity index (χ1) is 16.9. The number of aromatic nitrogens is 2. The molecule has 0 bridgehead atoms. The molecule has 2 aromatic carbocycles. The Morgan fingerprint density at radius 3 is 2.34 bits per heavy atom. The lowest BCUT2D eigenvalue weighted by atomic mass is 10.1. The quantitative estimate of drug-likeness (QED) is 0.282. The van der Waals surface area contributed by atoms with Gasteiger partial charge in [-0.15, -0.1) is 0 Å². The molecule has 0 fully saturated rings. The van der Waals surface area contributed by atoms with Crippen LogP contribution in [0.5, 0.6) is 0 Å². The van der Waals surface area contributed by atoms with Gasteiger partial charge in [-0.2, -0.15) is 4.98 Å². The Balaban J connectivity index is 1.66. The smallest absolute Gasteiger partial charge is 0.244 e. The summed E-state index contributed by atoms with van der Waals surface area (Å²) in [4.78, 5) is 6.77. The van der Waals surface area contributed by atoms with E-state index in [0.717, 1.165) is 36.1 Å². The topological polar surface area (TPSA) is 88.3 Å². The molecule has 0 saturated carbocycles. The Labute approximate surface area is 217 Å². The molecule has 0 radical (unpaired) electrons. The first-order valence-electron chi connectivity index (χ1n) is 12.2. The van der Waals surface area contributed by atoms with Crippen LogP contribution >= 0.6 is 15.9 Å². The minimum absolute atomic E-state index is 0.0654. The summed E-state index contributed by atoms with van der Waals surface area (Å²) in [7, 11) is -3.50. The van der Waals surface area contributed by atoms with Gasteiger partial charge in [0.1, 0.15) is 6.04 Å². The van der Waals surface area contributed by atoms with E-state index in [1.807, 2.05) is 42.5 Å². The zero-order chi connectivity index (χ0) is 25.1. The van der Waals surface area contributed by atoms with Crippen LogP contribution in [-0.4, -0.2) is 48.8 Å². The number of halogens is 1. The van der Waals surface area contributed by atoms with Crippen LogP contribution in [0.4, 0.5) is 0 Å². The van der Waals surface area contributed by atoms with Crippen LogP contribution in [0.2, 0.25) is 0 Å². The zero-order valence-corrected chi connectivity index (χ0v) is 22.9. The van der Waals surface area contributed by atoms with Gasteiger partial charge in [0.05, 0.1) is 5.75 Å². The van der Waals surface area contributed by atoms with Crippen molar-refractivity contribution in [2.24, 2.45) is 0 Å². The lowest BCUT2D eigenvalue weighted by Gasteiger charge is -2.19. The molecular weight excluding hydrogens is 528 g/mol. The fourth-order valence-electron chi connectivity index (χ4n) is 3.90. The molecule has 0 spiro atoms. The molecule has 0 aliphatic rings. The van der Waals surface area contributed by atoms with Crippen LogP contribution in [0.15, 0.2) is 63.6 Å². The van der Waals surface area contributed by atoms with E-state index in [1.165, 1.54) is 5.56 Å². The Morgan fingerprint density at radius 2 is 1.66 bits per heavy atom. The number of sulfonamides is 1. The summed E-state index contributed by atoms with van der Waals surface area (Å²) in [5.74, 6) is 0.961. The number of nitrogens with zero attached hydrogens (tertiary/aromatic N) is 3. The molecule has 3 rings (SSSR count). The molecule has 0 saturated heterocycles. The predicted octanol–water partition coefficient (Wildman–Crippen LogP) is 4.94. The maximum Gasteiger partial charge on any atom is 0.244 e. The molecule has 0 aliphatic heterocycles. The van der Waals surface area contributed by atoms with E-state index in [1.54, 1.807) is 0 Å². The molecule has 9 heteroatoms. The minimum atomic E-state index is -3.50. The van der Waals surface area contributed by atoms with E-state index in [2.05, 4.69) is 61.7 Å². The number of nitrogens with one attached hydrogen (secondary N) is 1. The third-order valence-electron chi connectivity index (χ3n) is 6.00. The summed E-state index contributed by atoms with van der Waals surface area (Å²) in [5.41, 5.74) is 2.31. The summed E-state index contributed by atoms with van der Waals surface area (Å²) in [6.45, 7) is 6.74. The number of hydrogen-bond donors (Lipinski definition) is 1. The van der Waals surface area contributed by atoms with E-state index in [9.17, 15) is 8.42 Å². The predicted molar refractivity (Wildman–Crippen MR) is 143 cm³/mol. The van der Waals surface area contributed by atoms with Gasteiger partial charge in [-0.25, -0.2) is 13.1 Å². The molecule has 0 aliphatic carbocycles. The van der Waals surface area contributed by atoms with Crippen molar-refractivity contribution in [2.45, 2.75) is 52.0 Å². The number of benzene rings is 2. The maximum absolute atomic E-state index is 12.9. The van der Waals surface area contributed by atoms with Crippen LogP contribution in [0.25, 0.3) is 0 Å². The van der Waals surface area contributed by atoms with E-state index in [0.29, 0.717) is 37.4 Å². The minimum Gasteiger partial charge on any atom is -0.338 e.